The van der Waals surface area contributed by atoms with Crippen molar-refractivity contribution in [3.8, 4) is 0 Å². The molecule has 1 heteroatoms. The number of nitrogens with zero attached hydrogens (tertiary/aromatic N) is 1. The molecule has 3 rings (SSSR count). The van der Waals surface area contributed by atoms with Gasteiger partial charge in [-0.15, -0.1) is 0 Å². The lowest BCUT2D eigenvalue weighted by Gasteiger charge is -2.45. The van der Waals surface area contributed by atoms with Gasteiger partial charge >= 0.3 is 0 Å². The molecule has 0 amide bonds. The summed E-state index contributed by atoms with van der Waals surface area (Å²) in [6.07, 6.45) is 3.04. The van der Waals surface area contributed by atoms with Crippen LogP contribution < -0.4 is 0 Å². The molecule has 50 valence electrons. The Morgan fingerprint density at radius 2 is 2.44 bits per heavy atom. The van der Waals surface area contributed by atoms with E-state index in [-0.39, 0.29) is 0 Å². The maximum atomic E-state index is 2.70. The highest BCUT2D eigenvalue weighted by molar-refractivity contribution is 5.24. The fourth-order valence-corrected chi connectivity index (χ4v) is 3.15. The quantitative estimate of drug-likeness (QED) is 0.466. The highest BCUT2D eigenvalue weighted by Gasteiger charge is 2.69. The summed E-state index contributed by atoms with van der Waals surface area (Å²) in [5, 5.41) is 0. The van der Waals surface area contributed by atoms with Gasteiger partial charge in [-0.05, 0) is 31.2 Å². The Labute approximate surface area is 56.0 Å². The Bertz CT molecular complexity index is 160. The summed E-state index contributed by atoms with van der Waals surface area (Å²) in [4.78, 5) is 2.70. The monoisotopic (exact) mass is 123 g/mol. The van der Waals surface area contributed by atoms with Crippen LogP contribution >= 0.6 is 0 Å². The second-order valence-electron chi connectivity index (χ2n) is 4.03. The molecule has 0 radical (unpaired) electrons. The van der Waals surface area contributed by atoms with Gasteiger partial charge in [0, 0.05) is 12.1 Å². The molecule has 9 heavy (non-hydrogen) atoms. The molecule has 2 heterocycles. The van der Waals surface area contributed by atoms with Crippen LogP contribution in [-0.2, 0) is 0 Å². The third kappa shape index (κ3) is 0.315. The average Bonchev–Trinajstić information content (AvgIpc) is 2.52. The molecule has 3 unspecified atom stereocenters. The van der Waals surface area contributed by atoms with Crippen molar-refractivity contribution < 1.29 is 0 Å². The van der Waals surface area contributed by atoms with Crippen LogP contribution in [0, 0.1) is 11.8 Å². The van der Waals surface area contributed by atoms with E-state index < -0.39 is 0 Å². The van der Waals surface area contributed by atoms with Crippen LogP contribution in [0.3, 0.4) is 0 Å². The lowest BCUT2D eigenvalue weighted by molar-refractivity contribution is 0.0262. The molecule has 1 nitrogen and oxygen atoms in total. The minimum Gasteiger partial charge on any atom is -0.297 e. The summed E-state index contributed by atoms with van der Waals surface area (Å²) in [7, 11) is 0. The molecule has 0 aromatic rings. The van der Waals surface area contributed by atoms with E-state index in [9.17, 15) is 0 Å². The Kier molecular flexibility index (Phi) is 0.563. The predicted molar refractivity (Wildman–Crippen MR) is 36.2 cm³/mol. The SMILES string of the molecule is CC1CN2CCC3CC132. The van der Waals surface area contributed by atoms with Crippen LogP contribution in [0.25, 0.3) is 0 Å². The first-order valence-electron chi connectivity index (χ1n) is 4.09. The van der Waals surface area contributed by atoms with E-state index in [0.29, 0.717) is 0 Å². The first-order chi connectivity index (χ1) is 4.34. The first kappa shape index (κ1) is 4.73. The Morgan fingerprint density at radius 3 is 2.89 bits per heavy atom. The Morgan fingerprint density at radius 1 is 1.56 bits per heavy atom. The summed E-state index contributed by atoms with van der Waals surface area (Å²) >= 11 is 0. The van der Waals surface area contributed by atoms with E-state index in [1.54, 1.807) is 0 Å². The van der Waals surface area contributed by atoms with Gasteiger partial charge in [-0.3, -0.25) is 4.90 Å². The predicted octanol–water partition coefficient (Wildman–Crippen LogP) is 1.10. The molecular weight excluding hydrogens is 110 g/mol. The molecule has 2 saturated heterocycles. The molecule has 3 aliphatic rings. The van der Waals surface area contributed by atoms with E-state index in [2.05, 4.69) is 11.8 Å². The molecule has 0 bridgehead atoms. The van der Waals surface area contributed by atoms with E-state index in [0.717, 1.165) is 17.4 Å². The topological polar surface area (TPSA) is 3.24 Å². The molecule has 3 atom stereocenters. The van der Waals surface area contributed by atoms with Crippen LogP contribution in [0.4, 0.5) is 0 Å². The van der Waals surface area contributed by atoms with Crippen LogP contribution in [0.1, 0.15) is 19.8 Å². The molecule has 0 aromatic carbocycles. The van der Waals surface area contributed by atoms with Crippen LogP contribution in [-0.4, -0.2) is 23.5 Å². The summed E-state index contributed by atoms with van der Waals surface area (Å²) in [6, 6.07) is 0. The standard InChI is InChI=1S/C8H13N/c1-6-5-9-3-2-7-4-8(6,7)9/h6-7H,2-5H2,1H3. The second-order valence-corrected chi connectivity index (χ2v) is 4.03. The summed E-state index contributed by atoms with van der Waals surface area (Å²) in [5.41, 5.74) is 0.792. The zero-order chi connectivity index (χ0) is 6.06. The van der Waals surface area contributed by atoms with Crippen molar-refractivity contribution in [3.63, 3.8) is 0 Å². The molecule has 1 aliphatic carbocycles. The number of piperidine rings is 1. The smallest absolute Gasteiger partial charge is 0.0280 e. The molecular formula is C8H13N. The third-order valence-corrected chi connectivity index (χ3v) is 3.80. The Hall–Kier alpha value is -0.0400. The van der Waals surface area contributed by atoms with Crippen molar-refractivity contribution in [1.82, 2.24) is 4.90 Å². The zero-order valence-electron chi connectivity index (χ0n) is 5.93. The largest absolute Gasteiger partial charge is 0.297 e. The van der Waals surface area contributed by atoms with Crippen molar-refractivity contribution in [2.75, 3.05) is 13.1 Å². The van der Waals surface area contributed by atoms with Gasteiger partial charge in [0.1, 0.15) is 0 Å². The van der Waals surface area contributed by atoms with Gasteiger partial charge in [-0.25, -0.2) is 0 Å². The van der Waals surface area contributed by atoms with Gasteiger partial charge in [-0.1, -0.05) is 6.92 Å². The molecule has 1 saturated carbocycles. The van der Waals surface area contributed by atoms with E-state index in [1.165, 1.54) is 25.9 Å². The van der Waals surface area contributed by atoms with Gasteiger partial charge in [0.15, 0.2) is 0 Å². The highest BCUT2D eigenvalue weighted by atomic mass is 15.3. The maximum Gasteiger partial charge on any atom is 0.0280 e. The van der Waals surface area contributed by atoms with Gasteiger partial charge in [0.2, 0.25) is 0 Å². The van der Waals surface area contributed by atoms with Gasteiger partial charge < -0.3 is 0 Å². The van der Waals surface area contributed by atoms with Crippen LogP contribution in [0.15, 0.2) is 0 Å². The fourth-order valence-electron chi connectivity index (χ4n) is 3.15. The fraction of sp³-hybridized carbons (Fsp3) is 1.00. The molecule has 0 N–H and O–H groups in total. The molecule has 3 fully saturated rings. The van der Waals surface area contributed by atoms with E-state index >= 15 is 0 Å². The zero-order valence-corrected chi connectivity index (χ0v) is 5.93. The minimum absolute atomic E-state index is 0.792. The van der Waals surface area contributed by atoms with Crippen LogP contribution in [0.5, 0.6) is 0 Å². The van der Waals surface area contributed by atoms with E-state index in [4.69, 9.17) is 0 Å². The van der Waals surface area contributed by atoms with Crippen molar-refractivity contribution in [2.24, 2.45) is 11.8 Å². The van der Waals surface area contributed by atoms with Gasteiger partial charge in [0.05, 0.1) is 0 Å². The summed E-state index contributed by atoms with van der Waals surface area (Å²) < 4.78 is 0. The first-order valence-corrected chi connectivity index (χ1v) is 4.09. The number of hydrogen-bond donors (Lipinski definition) is 0. The third-order valence-electron chi connectivity index (χ3n) is 3.80. The number of rotatable bonds is 0. The minimum atomic E-state index is 0.792. The second kappa shape index (κ2) is 1.07. The molecule has 0 aromatic heterocycles. The van der Waals surface area contributed by atoms with Crippen molar-refractivity contribution in [3.05, 3.63) is 0 Å². The maximum absolute atomic E-state index is 2.70. The van der Waals surface area contributed by atoms with Crippen molar-refractivity contribution in [2.45, 2.75) is 25.3 Å². The summed E-state index contributed by atoms with van der Waals surface area (Å²) in [6.45, 7) is 5.23. The molecule has 2 aliphatic heterocycles. The van der Waals surface area contributed by atoms with Crippen molar-refractivity contribution in [1.29, 1.82) is 0 Å². The summed E-state index contributed by atoms with van der Waals surface area (Å²) in [5.74, 6) is 2.16. The number of hydrogen-bond acceptors (Lipinski definition) is 1. The van der Waals surface area contributed by atoms with Gasteiger partial charge in [0.25, 0.3) is 0 Å². The Balaban J connectivity index is 1.98. The van der Waals surface area contributed by atoms with Gasteiger partial charge in [-0.2, -0.15) is 0 Å². The normalized spacial score (nSPS) is 62.3. The lowest BCUT2D eigenvalue weighted by Crippen LogP contribution is -2.55. The van der Waals surface area contributed by atoms with Crippen LogP contribution in [0.2, 0.25) is 0 Å². The molecule has 1 spiro atoms. The average molecular weight is 123 g/mol. The van der Waals surface area contributed by atoms with Crippen molar-refractivity contribution >= 4 is 0 Å². The highest BCUT2D eigenvalue weighted by Crippen LogP contribution is 2.65. The lowest BCUT2D eigenvalue weighted by atomic mass is 9.88. The van der Waals surface area contributed by atoms with E-state index in [1.807, 2.05) is 0 Å².